The maximum Gasteiger partial charge on any atom is 0.119 e. The maximum atomic E-state index is 6.23. The highest BCUT2D eigenvalue weighted by Crippen LogP contribution is 2.44. The van der Waals surface area contributed by atoms with Crippen molar-refractivity contribution in [2.24, 2.45) is 16.7 Å². The molecule has 0 unspecified atom stereocenters. The summed E-state index contributed by atoms with van der Waals surface area (Å²) in [6.07, 6.45) is 4.93. The topological polar surface area (TPSA) is 30.5 Å². The first-order valence-electron chi connectivity index (χ1n) is 7.40. The van der Waals surface area contributed by atoms with Crippen LogP contribution in [-0.2, 0) is 9.47 Å². The van der Waals surface area contributed by atoms with Crippen molar-refractivity contribution in [2.45, 2.75) is 52.2 Å². The maximum absolute atomic E-state index is 6.23. The largest absolute Gasteiger partial charge is 0.380 e. The molecule has 0 aromatic carbocycles. The predicted molar refractivity (Wildman–Crippen MR) is 71.4 cm³/mol. The third-order valence-electron chi connectivity index (χ3n) is 5.27. The summed E-state index contributed by atoms with van der Waals surface area (Å²) in [5, 5.41) is 3.70. The van der Waals surface area contributed by atoms with Gasteiger partial charge in [-0.3, -0.25) is 5.32 Å². The number of ether oxygens (including phenoxy) is 2. The zero-order valence-electron chi connectivity index (χ0n) is 12.1. The summed E-state index contributed by atoms with van der Waals surface area (Å²) in [5.41, 5.74) is 0.730. The molecule has 0 aromatic heterocycles. The molecule has 18 heavy (non-hydrogen) atoms. The van der Waals surface area contributed by atoms with Gasteiger partial charge in [-0.05, 0) is 37.0 Å². The van der Waals surface area contributed by atoms with E-state index in [4.69, 9.17) is 9.47 Å². The summed E-state index contributed by atoms with van der Waals surface area (Å²) in [7, 11) is 0. The zero-order chi connectivity index (χ0) is 12.9. The van der Waals surface area contributed by atoms with E-state index in [1.807, 2.05) is 0 Å². The van der Waals surface area contributed by atoms with Gasteiger partial charge in [-0.1, -0.05) is 20.8 Å². The molecule has 0 amide bonds. The standard InChI is InChI=1S/C15H27NO2/c1-13(2,3)12-4-6-15(7-5-12)16-8-14(11-18-15)9-17-10-14/h12,16H,4-11H2,1-3H3. The van der Waals surface area contributed by atoms with Gasteiger partial charge in [0.15, 0.2) is 0 Å². The first kappa shape index (κ1) is 12.9. The Bertz CT molecular complexity index is 297. The summed E-state index contributed by atoms with van der Waals surface area (Å²) in [5.74, 6) is 0.844. The highest BCUT2D eigenvalue weighted by atomic mass is 16.5. The molecule has 3 aliphatic rings. The molecule has 0 radical (unpaired) electrons. The Morgan fingerprint density at radius 1 is 1.06 bits per heavy atom. The van der Waals surface area contributed by atoms with E-state index in [1.54, 1.807) is 0 Å². The van der Waals surface area contributed by atoms with Crippen molar-refractivity contribution in [1.29, 1.82) is 0 Å². The Kier molecular flexibility index (Phi) is 3.00. The van der Waals surface area contributed by atoms with E-state index in [0.29, 0.717) is 10.8 Å². The van der Waals surface area contributed by atoms with Gasteiger partial charge >= 0.3 is 0 Å². The summed E-state index contributed by atoms with van der Waals surface area (Å²) in [6, 6.07) is 0. The van der Waals surface area contributed by atoms with Gasteiger partial charge in [0.1, 0.15) is 5.72 Å². The summed E-state index contributed by atoms with van der Waals surface area (Å²) < 4.78 is 11.6. The van der Waals surface area contributed by atoms with Crippen LogP contribution in [0.2, 0.25) is 0 Å². The fraction of sp³-hybridized carbons (Fsp3) is 1.00. The Labute approximate surface area is 111 Å². The summed E-state index contributed by atoms with van der Waals surface area (Å²) >= 11 is 0. The first-order chi connectivity index (χ1) is 8.43. The fourth-order valence-electron chi connectivity index (χ4n) is 3.59. The molecule has 3 nitrogen and oxygen atoms in total. The molecule has 1 aliphatic carbocycles. The second-order valence-electron chi connectivity index (χ2n) is 7.77. The van der Waals surface area contributed by atoms with Crippen LogP contribution >= 0.6 is 0 Å². The minimum atomic E-state index is -0.0113. The molecule has 1 saturated carbocycles. The Hall–Kier alpha value is -0.120. The lowest BCUT2D eigenvalue weighted by Gasteiger charge is -2.53. The second kappa shape index (κ2) is 4.19. The van der Waals surface area contributed by atoms with E-state index in [2.05, 4.69) is 26.1 Å². The van der Waals surface area contributed by atoms with Crippen LogP contribution in [0.3, 0.4) is 0 Å². The average molecular weight is 253 g/mol. The minimum absolute atomic E-state index is 0.0113. The third kappa shape index (κ3) is 2.21. The van der Waals surface area contributed by atoms with Crippen molar-refractivity contribution in [1.82, 2.24) is 5.32 Å². The van der Waals surface area contributed by atoms with E-state index in [9.17, 15) is 0 Å². The Morgan fingerprint density at radius 2 is 1.72 bits per heavy atom. The van der Waals surface area contributed by atoms with Gasteiger partial charge < -0.3 is 9.47 Å². The second-order valence-corrected chi connectivity index (χ2v) is 7.77. The molecule has 2 heterocycles. The smallest absolute Gasteiger partial charge is 0.119 e. The fourth-order valence-corrected chi connectivity index (χ4v) is 3.59. The van der Waals surface area contributed by atoms with Gasteiger partial charge in [-0.15, -0.1) is 0 Å². The molecule has 2 aliphatic heterocycles. The molecule has 3 heteroatoms. The van der Waals surface area contributed by atoms with Gasteiger partial charge in [-0.2, -0.15) is 0 Å². The van der Waals surface area contributed by atoms with Crippen molar-refractivity contribution >= 4 is 0 Å². The van der Waals surface area contributed by atoms with Gasteiger partial charge in [0.2, 0.25) is 0 Å². The number of nitrogens with one attached hydrogen (secondary N) is 1. The van der Waals surface area contributed by atoms with Crippen LogP contribution < -0.4 is 5.32 Å². The van der Waals surface area contributed by atoms with Crippen LogP contribution in [0.15, 0.2) is 0 Å². The molecule has 3 fully saturated rings. The van der Waals surface area contributed by atoms with Crippen LogP contribution in [0.4, 0.5) is 0 Å². The normalized spacial score (nSPS) is 39.8. The van der Waals surface area contributed by atoms with Gasteiger partial charge in [0.25, 0.3) is 0 Å². The molecular weight excluding hydrogens is 226 g/mol. The molecule has 0 atom stereocenters. The SMILES string of the molecule is CC(C)(C)C1CCC2(CC1)NCC1(COC1)CO2. The highest BCUT2D eigenvalue weighted by molar-refractivity contribution is 4.98. The van der Waals surface area contributed by atoms with Crippen LogP contribution in [0, 0.1) is 16.7 Å². The van der Waals surface area contributed by atoms with Crippen LogP contribution in [-0.4, -0.2) is 32.1 Å². The lowest BCUT2D eigenvalue weighted by molar-refractivity contribution is -0.232. The molecule has 104 valence electrons. The number of rotatable bonds is 0. The van der Waals surface area contributed by atoms with Crippen LogP contribution in [0.25, 0.3) is 0 Å². The van der Waals surface area contributed by atoms with Crippen LogP contribution in [0.1, 0.15) is 46.5 Å². The van der Waals surface area contributed by atoms with Crippen molar-refractivity contribution in [3.8, 4) is 0 Å². The Morgan fingerprint density at radius 3 is 2.11 bits per heavy atom. The molecule has 2 spiro atoms. The van der Waals surface area contributed by atoms with Crippen molar-refractivity contribution in [2.75, 3.05) is 26.4 Å². The monoisotopic (exact) mass is 253 g/mol. The summed E-state index contributed by atoms with van der Waals surface area (Å²) in [4.78, 5) is 0. The molecule has 2 saturated heterocycles. The lowest BCUT2D eigenvalue weighted by Crippen LogP contribution is -2.65. The quantitative estimate of drug-likeness (QED) is 0.719. The van der Waals surface area contributed by atoms with Gasteiger partial charge in [0.05, 0.1) is 25.2 Å². The van der Waals surface area contributed by atoms with E-state index in [0.717, 1.165) is 32.3 Å². The minimum Gasteiger partial charge on any atom is -0.380 e. The Balaban J connectivity index is 1.56. The lowest BCUT2D eigenvalue weighted by atomic mass is 9.69. The van der Waals surface area contributed by atoms with Crippen molar-refractivity contribution < 1.29 is 9.47 Å². The first-order valence-corrected chi connectivity index (χ1v) is 7.40. The molecule has 0 bridgehead atoms. The van der Waals surface area contributed by atoms with E-state index < -0.39 is 0 Å². The highest BCUT2D eigenvalue weighted by Gasteiger charge is 2.49. The van der Waals surface area contributed by atoms with Gasteiger partial charge in [0, 0.05) is 6.54 Å². The number of hydrogen-bond acceptors (Lipinski definition) is 3. The van der Waals surface area contributed by atoms with E-state index in [-0.39, 0.29) is 5.72 Å². The molecule has 3 rings (SSSR count). The zero-order valence-corrected chi connectivity index (χ0v) is 12.1. The van der Waals surface area contributed by atoms with Crippen molar-refractivity contribution in [3.05, 3.63) is 0 Å². The van der Waals surface area contributed by atoms with E-state index in [1.165, 1.54) is 25.7 Å². The van der Waals surface area contributed by atoms with E-state index >= 15 is 0 Å². The van der Waals surface area contributed by atoms with Crippen LogP contribution in [0.5, 0.6) is 0 Å². The molecular formula is C15H27NO2. The third-order valence-corrected chi connectivity index (χ3v) is 5.27. The molecule has 0 aromatic rings. The summed E-state index contributed by atoms with van der Waals surface area (Å²) in [6.45, 7) is 10.8. The van der Waals surface area contributed by atoms with Gasteiger partial charge in [-0.25, -0.2) is 0 Å². The average Bonchev–Trinajstić information content (AvgIpc) is 2.27. The number of hydrogen-bond donors (Lipinski definition) is 1. The predicted octanol–water partition coefficient (Wildman–Crippen LogP) is 2.56. The molecule has 1 N–H and O–H groups in total. The van der Waals surface area contributed by atoms with Crippen molar-refractivity contribution in [3.63, 3.8) is 0 Å².